The van der Waals surface area contributed by atoms with Gasteiger partial charge in [-0.15, -0.1) is 0 Å². The number of nitriles is 1. The molecule has 0 spiro atoms. The van der Waals surface area contributed by atoms with Crippen molar-refractivity contribution in [1.82, 2.24) is 47.8 Å². The Morgan fingerprint density at radius 3 is 1.11 bits per heavy atom. The van der Waals surface area contributed by atoms with Crippen LogP contribution in [0.25, 0.3) is 83.7 Å². The lowest BCUT2D eigenvalue weighted by molar-refractivity contribution is -0.138. The second-order valence-electron chi connectivity index (χ2n) is 39.0. The van der Waals surface area contributed by atoms with Crippen LogP contribution in [0.1, 0.15) is 222 Å². The van der Waals surface area contributed by atoms with Gasteiger partial charge in [0.25, 0.3) is 0 Å². The molecule has 0 aliphatic heterocycles. The van der Waals surface area contributed by atoms with Crippen molar-refractivity contribution in [3.8, 4) is 6.07 Å². The summed E-state index contributed by atoms with van der Waals surface area (Å²) < 4.78 is 106. The normalized spacial score (nSPS) is 24.3. The minimum absolute atomic E-state index is 0.0162. The van der Waals surface area contributed by atoms with E-state index in [0.717, 1.165) is 94.8 Å². The monoisotopic (exact) mass is 1850 g/mol. The molecule has 5 aliphatic carbocycles. The average Bonchev–Trinajstić information content (AvgIpc) is 1.54. The fourth-order valence-electron chi connectivity index (χ4n) is 21.7. The number of rotatable bonds is 15. The van der Waals surface area contributed by atoms with E-state index in [1.807, 2.05) is 39.5 Å². The number of para-hydroxylation sites is 4. The Kier molecular flexibility index (Phi) is 28.2. The number of benzene rings is 5. The number of H-pyrrole nitrogens is 3. The van der Waals surface area contributed by atoms with E-state index in [4.69, 9.17) is 65.6 Å². The highest BCUT2D eigenvalue weighted by molar-refractivity contribution is 9.10. The second kappa shape index (κ2) is 36.1. The molecule has 0 radical (unpaired) electrons. The number of halogens is 10. The highest BCUT2D eigenvalue weighted by Crippen LogP contribution is 2.61. The molecule has 664 valence electrons. The van der Waals surface area contributed by atoms with Gasteiger partial charge in [-0.3, -0.25) is 22.8 Å². The van der Waals surface area contributed by atoms with Gasteiger partial charge in [0.1, 0.15) is 11.9 Å². The summed E-state index contributed by atoms with van der Waals surface area (Å²) in [6, 6.07) is 26.0. The summed E-state index contributed by atoms with van der Waals surface area (Å²) in [5, 5.41) is 9.74. The smallest absolute Gasteiger partial charge is 0.369 e. The molecule has 0 saturated carbocycles. The maximum atomic E-state index is 14.1. The van der Waals surface area contributed by atoms with Gasteiger partial charge in [0, 0.05) is 66.1 Å². The van der Waals surface area contributed by atoms with Crippen molar-refractivity contribution in [3.63, 3.8) is 0 Å². The molecule has 5 aliphatic rings. The zero-order valence-electron chi connectivity index (χ0n) is 75.8. The van der Waals surface area contributed by atoms with E-state index in [0.29, 0.717) is 141 Å². The van der Waals surface area contributed by atoms with Crippen LogP contribution in [0.2, 0.25) is 10.0 Å². The van der Waals surface area contributed by atoms with Crippen molar-refractivity contribution in [2.24, 2.45) is 116 Å². The van der Waals surface area contributed by atoms with Crippen LogP contribution >= 0.6 is 75.8 Å². The van der Waals surface area contributed by atoms with Gasteiger partial charge >= 0.3 is 12.4 Å². The SMILES string of the molecule is CC(C)C1CC=C(n2c(=S)[nH]c3c(Br)cc(C(F)(F)F)cc32)[C@@]1(C)C(C)C.CC(C)C1CC=C(n2c(=S)[nH]c3c(Cl)cc(C(F)(F)F)cc32)[C@@]1(C)C(C)C.CC(C)C1CC=C(n2c(=S)[nH]c3cc(Cl)c(F)cc32)[C@@]1(C)C(C)C.CC(C)C1CC=C(n2c(C#N)nc3ccccc32)[C@@]1(C)C(C)C.CC(C)C1CC=C(n2c(N)nc3ccccc32)[C@@]1(C)C(C)C. The standard InChI is InChI=1S/C20H24BrF3N2S.C20H24ClF3N2S.C20H25N3.C19H24ClFN2S.C19H27N3/c2*1-10(2)13-6-7-16(19(13,5)11(3)4)26-15-9-12(20(22,23)24)8-14(21)17(15)25-18(26)27;1-13(2)15-10-11-18(20(15,5)14(3)4)23-17-9-7-6-8-16(17)22-19(23)12-21;1-10(2)12-6-7-17(19(12,5)11(3)4)23-16-9-14(21)13(20)8-15(16)22-18(23)24;1-12(2)14-10-11-17(19(14,5)13(3)4)22-16-9-7-6-8-15(16)21-18(22)20/h2*7-11,13H,6H2,1-5H3,(H,25,27);6-9,11,13-15H,10H2,1-5H3;7-12H,6H2,1-5H3,(H,22,24);6-9,11-14H,10H2,1-5H3,(H2,20,21)/t2*13?,19-;15?,20-;12?,19-;14?,19-/m00000/s1. The van der Waals surface area contributed by atoms with Crippen molar-refractivity contribution in [2.45, 2.75) is 218 Å². The second-order valence-corrected chi connectivity index (χ2v) is 41.8. The molecule has 123 heavy (non-hydrogen) atoms. The maximum Gasteiger partial charge on any atom is 0.416 e. The van der Waals surface area contributed by atoms with Crippen molar-refractivity contribution in [1.29, 1.82) is 5.26 Å². The van der Waals surface area contributed by atoms with Gasteiger partial charge in [-0.2, -0.15) is 31.6 Å². The molecule has 5 aromatic carbocycles. The van der Waals surface area contributed by atoms with Crippen LogP contribution < -0.4 is 5.73 Å². The Balaban J connectivity index is 0.000000150. The molecule has 5 aromatic heterocycles. The lowest BCUT2D eigenvalue weighted by atomic mass is 9.66. The van der Waals surface area contributed by atoms with Crippen LogP contribution in [0.4, 0.5) is 36.7 Å². The summed E-state index contributed by atoms with van der Waals surface area (Å²) in [6.07, 6.45) is 7.37. The van der Waals surface area contributed by atoms with E-state index >= 15 is 0 Å². The molecule has 0 saturated heterocycles. The molecule has 0 amide bonds. The van der Waals surface area contributed by atoms with Gasteiger partial charge in [-0.25, -0.2) is 14.4 Å². The lowest BCUT2D eigenvalue weighted by Gasteiger charge is -2.41. The Hall–Kier alpha value is -7.33. The van der Waals surface area contributed by atoms with E-state index in [9.17, 15) is 36.0 Å². The van der Waals surface area contributed by atoms with E-state index in [2.05, 4.69) is 278 Å². The number of nitrogen functional groups attached to an aromatic ring is 1. The number of fused-ring (bicyclic) bond motifs is 5. The molecule has 5 heterocycles. The number of nitrogens with two attached hydrogens (primary N) is 1. The highest BCUT2D eigenvalue weighted by Gasteiger charge is 2.52. The predicted octanol–water partition coefficient (Wildman–Crippen LogP) is 31.8. The molecule has 5 unspecified atom stereocenters. The van der Waals surface area contributed by atoms with Gasteiger partial charge in [0.15, 0.2) is 14.3 Å². The summed E-state index contributed by atoms with van der Waals surface area (Å²) >= 11 is 32.0. The number of hydrogen-bond donors (Lipinski definition) is 4. The number of imidazole rings is 5. The van der Waals surface area contributed by atoms with Crippen molar-refractivity contribution >= 4 is 165 Å². The first-order chi connectivity index (χ1) is 57.2. The van der Waals surface area contributed by atoms with E-state index in [1.165, 1.54) is 29.2 Å². The van der Waals surface area contributed by atoms with Crippen molar-refractivity contribution in [2.75, 3.05) is 5.73 Å². The molecule has 0 bridgehead atoms. The minimum Gasteiger partial charge on any atom is -0.369 e. The first kappa shape index (κ1) is 96.3. The molecular formula is C98H124BrCl2F7N12S3. The van der Waals surface area contributed by atoms with Crippen molar-refractivity contribution in [3.05, 3.63) is 167 Å². The van der Waals surface area contributed by atoms with Crippen molar-refractivity contribution < 1.29 is 30.7 Å². The fourth-order valence-corrected chi connectivity index (χ4v) is 23.6. The number of anilines is 1. The van der Waals surface area contributed by atoms with Crippen LogP contribution in [0, 0.1) is 147 Å². The van der Waals surface area contributed by atoms with Gasteiger partial charge in [0.2, 0.25) is 11.8 Å². The third-order valence-electron chi connectivity index (χ3n) is 29.8. The maximum absolute atomic E-state index is 14.1. The molecule has 5 N–H and O–H groups in total. The first-order valence-corrected chi connectivity index (χ1v) is 46.3. The molecule has 12 nitrogen and oxygen atoms in total. The molecule has 25 heteroatoms. The quantitative estimate of drug-likeness (QED) is 0.0590. The minimum atomic E-state index is -4.47. The molecular weight excluding hydrogens is 1730 g/mol. The van der Waals surface area contributed by atoms with E-state index in [-0.39, 0.29) is 37.1 Å². The predicted molar refractivity (Wildman–Crippen MR) is 508 cm³/mol. The van der Waals surface area contributed by atoms with Crippen LogP contribution in [-0.4, -0.2) is 47.8 Å². The Labute approximate surface area is 755 Å². The zero-order valence-corrected chi connectivity index (χ0v) is 81.4. The van der Waals surface area contributed by atoms with Crippen LogP contribution in [0.15, 0.2) is 120 Å². The van der Waals surface area contributed by atoms with E-state index < -0.39 is 29.3 Å². The Morgan fingerprint density at radius 2 is 0.748 bits per heavy atom. The van der Waals surface area contributed by atoms with Gasteiger partial charge in [0.05, 0.1) is 76.3 Å². The third kappa shape index (κ3) is 17.1. The third-order valence-corrected chi connectivity index (χ3v) is 31.8. The number of hydrogen-bond acceptors (Lipinski definition) is 7. The Bertz CT molecular complexity index is 5880. The number of allylic oxidation sites excluding steroid dienone is 10. The lowest BCUT2D eigenvalue weighted by Crippen LogP contribution is -2.35. The molecule has 10 aromatic rings. The number of nitrogens with zero attached hydrogens (tertiary/aromatic N) is 8. The molecule has 0 fully saturated rings. The largest absolute Gasteiger partial charge is 0.416 e. The number of alkyl halides is 6. The van der Waals surface area contributed by atoms with Gasteiger partial charge < -0.3 is 20.7 Å². The van der Waals surface area contributed by atoms with Crippen LogP contribution in [-0.2, 0) is 12.4 Å². The highest BCUT2D eigenvalue weighted by atomic mass is 79.9. The first-order valence-electron chi connectivity index (χ1n) is 43.5. The Morgan fingerprint density at radius 1 is 0.431 bits per heavy atom. The summed E-state index contributed by atoms with van der Waals surface area (Å²) in [4.78, 5) is 18.4. The fraction of sp³-hybridized carbons (Fsp3) is 0.531. The summed E-state index contributed by atoms with van der Waals surface area (Å²) in [6.45, 7) is 56.5. The van der Waals surface area contributed by atoms with E-state index in [1.54, 1.807) is 10.6 Å². The zero-order chi connectivity index (χ0) is 91.3. The number of aromatic nitrogens is 10. The molecule has 10 atom stereocenters. The van der Waals surface area contributed by atoms with Crippen LogP contribution in [0.3, 0.4) is 0 Å². The van der Waals surface area contributed by atoms with Crippen LogP contribution in [0.5, 0.6) is 0 Å². The molecule has 15 rings (SSSR count). The average molecular weight is 1850 g/mol. The van der Waals surface area contributed by atoms with Gasteiger partial charge in [-0.05, 0) is 228 Å². The summed E-state index contributed by atoms with van der Waals surface area (Å²) in [5.41, 5.74) is 17.7. The number of nitrogens with one attached hydrogen (secondary N) is 3. The van der Waals surface area contributed by atoms with Gasteiger partial charge in [-0.1, -0.05) is 251 Å². The topological polar surface area (TPSA) is 148 Å². The summed E-state index contributed by atoms with van der Waals surface area (Å²) in [5.74, 6) is 8.08. The number of aromatic amines is 3. The summed E-state index contributed by atoms with van der Waals surface area (Å²) in [7, 11) is 0.